The van der Waals surface area contributed by atoms with E-state index in [1.54, 1.807) is 0 Å². The first-order valence-electron chi connectivity index (χ1n) is 23.7. The van der Waals surface area contributed by atoms with E-state index in [-0.39, 0.29) is 31.1 Å². The van der Waals surface area contributed by atoms with E-state index in [1.165, 1.54) is 148 Å². The number of carbonyl (C=O) groups is 3. The Morgan fingerprint density at radius 3 is 0.907 bits per heavy atom. The van der Waals surface area contributed by atoms with Gasteiger partial charge in [-0.25, -0.2) is 0 Å². The number of esters is 3. The molecule has 0 saturated carbocycles. The van der Waals surface area contributed by atoms with Crippen LogP contribution in [0.25, 0.3) is 0 Å². The SMILES string of the molecule is CCCCCCCCCCCCCCCC(=O)O[C@@H](COC(=O)CCCCCCCCCCCC(C)C)COC(=O)CCCCCCCCCCC(C)C. The van der Waals surface area contributed by atoms with Crippen LogP contribution in [0.5, 0.6) is 0 Å². The molecule has 1 atom stereocenters. The van der Waals surface area contributed by atoms with Crippen LogP contribution in [0.1, 0.15) is 259 Å². The summed E-state index contributed by atoms with van der Waals surface area (Å²) in [5.41, 5.74) is 0. The van der Waals surface area contributed by atoms with Crippen molar-refractivity contribution in [2.75, 3.05) is 13.2 Å². The summed E-state index contributed by atoms with van der Waals surface area (Å²) in [6, 6.07) is 0. The van der Waals surface area contributed by atoms with Gasteiger partial charge in [0.25, 0.3) is 0 Å². The zero-order chi connectivity index (χ0) is 39.7. The van der Waals surface area contributed by atoms with Crippen molar-refractivity contribution in [3.05, 3.63) is 0 Å². The fourth-order valence-electron chi connectivity index (χ4n) is 7.11. The molecule has 6 nitrogen and oxygen atoms in total. The highest BCUT2D eigenvalue weighted by molar-refractivity contribution is 5.71. The maximum Gasteiger partial charge on any atom is 0.306 e. The van der Waals surface area contributed by atoms with Gasteiger partial charge in [-0.05, 0) is 31.1 Å². The van der Waals surface area contributed by atoms with Crippen LogP contribution < -0.4 is 0 Å². The third-order valence-electron chi connectivity index (χ3n) is 10.7. The van der Waals surface area contributed by atoms with Gasteiger partial charge >= 0.3 is 17.9 Å². The summed E-state index contributed by atoms with van der Waals surface area (Å²) in [7, 11) is 0. The molecule has 0 aromatic heterocycles. The Morgan fingerprint density at radius 2 is 0.611 bits per heavy atom. The van der Waals surface area contributed by atoms with Crippen LogP contribution in [0.15, 0.2) is 0 Å². The van der Waals surface area contributed by atoms with Crippen molar-refractivity contribution in [2.24, 2.45) is 11.8 Å². The third kappa shape index (κ3) is 41.6. The summed E-state index contributed by atoms with van der Waals surface area (Å²) in [4.78, 5) is 37.8. The molecule has 54 heavy (non-hydrogen) atoms. The molecule has 0 amide bonds. The lowest BCUT2D eigenvalue weighted by Crippen LogP contribution is -2.30. The highest BCUT2D eigenvalue weighted by Crippen LogP contribution is 2.17. The molecule has 0 aromatic rings. The topological polar surface area (TPSA) is 78.9 Å². The minimum Gasteiger partial charge on any atom is -0.462 e. The van der Waals surface area contributed by atoms with E-state index < -0.39 is 6.10 Å². The van der Waals surface area contributed by atoms with Gasteiger partial charge in [0, 0.05) is 19.3 Å². The van der Waals surface area contributed by atoms with Crippen molar-refractivity contribution < 1.29 is 28.6 Å². The van der Waals surface area contributed by atoms with E-state index in [9.17, 15) is 14.4 Å². The van der Waals surface area contributed by atoms with E-state index in [0.29, 0.717) is 19.3 Å². The lowest BCUT2D eigenvalue weighted by Gasteiger charge is -2.18. The van der Waals surface area contributed by atoms with Crippen molar-refractivity contribution in [1.82, 2.24) is 0 Å². The minimum absolute atomic E-state index is 0.0650. The summed E-state index contributed by atoms with van der Waals surface area (Å²) >= 11 is 0. The third-order valence-corrected chi connectivity index (χ3v) is 10.7. The molecule has 0 heterocycles. The molecule has 320 valence electrons. The molecule has 0 spiro atoms. The average Bonchev–Trinajstić information content (AvgIpc) is 3.14. The zero-order valence-electron chi connectivity index (χ0n) is 36.8. The molecule has 0 aliphatic rings. The Kier molecular flexibility index (Phi) is 39.8. The molecule has 6 heteroatoms. The second-order valence-electron chi connectivity index (χ2n) is 17.3. The summed E-state index contributed by atoms with van der Waals surface area (Å²) in [5.74, 6) is 0.748. The molecule has 0 N–H and O–H groups in total. The van der Waals surface area contributed by atoms with Crippen molar-refractivity contribution in [2.45, 2.75) is 265 Å². The highest BCUT2D eigenvalue weighted by Gasteiger charge is 2.19. The first-order valence-corrected chi connectivity index (χ1v) is 23.7. The van der Waals surface area contributed by atoms with E-state index >= 15 is 0 Å². The van der Waals surface area contributed by atoms with Gasteiger partial charge in [-0.2, -0.15) is 0 Å². The smallest absolute Gasteiger partial charge is 0.306 e. The van der Waals surface area contributed by atoms with Crippen LogP contribution in [0.3, 0.4) is 0 Å². The van der Waals surface area contributed by atoms with Crippen molar-refractivity contribution in [3.8, 4) is 0 Å². The fraction of sp³-hybridized carbons (Fsp3) is 0.938. The lowest BCUT2D eigenvalue weighted by molar-refractivity contribution is -0.167. The quantitative estimate of drug-likeness (QED) is 0.0350. The summed E-state index contributed by atoms with van der Waals surface area (Å²) in [6.45, 7) is 11.3. The van der Waals surface area contributed by atoms with E-state index in [4.69, 9.17) is 14.2 Å². The Balaban J connectivity index is 4.34. The van der Waals surface area contributed by atoms with Gasteiger partial charge in [-0.3, -0.25) is 14.4 Å². The maximum absolute atomic E-state index is 12.7. The molecule has 0 aromatic carbocycles. The Hall–Kier alpha value is -1.59. The van der Waals surface area contributed by atoms with Gasteiger partial charge < -0.3 is 14.2 Å². The van der Waals surface area contributed by atoms with Gasteiger partial charge in [0.1, 0.15) is 13.2 Å². The molecule has 0 rings (SSSR count). The molecule has 0 bridgehead atoms. The van der Waals surface area contributed by atoms with E-state index in [0.717, 1.165) is 69.6 Å². The number of rotatable bonds is 42. The predicted octanol–water partition coefficient (Wildman–Crippen LogP) is 15.0. The zero-order valence-corrected chi connectivity index (χ0v) is 36.8. The normalized spacial score (nSPS) is 12.1. The Morgan fingerprint density at radius 1 is 0.352 bits per heavy atom. The van der Waals surface area contributed by atoms with Crippen LogP contribution in [-0.4, -0.2) is 37.2 Å². The predicted molar refractivity (Wildman–Crippen MR) is 229 cm³/mol. The molecule has 0 unspecified atom stereocenters. The van der Waals surface area contributed by atoms with Crippen LogP contribution in [0.4, 0.5) is 0 Å². The number of hydrogen-bond acceptors (Lipinski definition) is 6. The molecular formula is C48H92O6. The Bertz CT molecular complexity index is 824. The second kappa shape index (κ2) is 41.1. The standard InChI is InChI=1S/C48H92O6/c1-6-7-8-9-10-11-12-13-14-17-25-30-35-40-48(51)54-45(42-53-47(50)39-34-29-24-20-19-22-27-32-37-44(4)5)41-52-46(49)38-33-28-23-18-15-16-21-26-31-36-43(2)3/h43-45H,6-42H2,1-5H3/t45-/m0/s1. The summed E-state index contributed by atoms with van der Waals surface area (Å²) < 4.78 is 16.7. The molecule has 0 aliphatic heterocycles. The van der Waals surface area contributed by atoms with Crippen LogP contribution in [0, 0.1) is 11.8 Å². The highest BCUT2D eigenvalue weighted by atomic mass is 16.6. The van der Waals surface area contributed by atoms with Gasteiger partial charge in [0.2, 0.25) is 0 Å². The van der Waals surface area contributed by atoms with Crippen molar-refractivity contribution in [1.29, 1.82) is 0 Å². The average molecular weight is 765 g/mol. The lowest BCUT2D eigenvalue weighted by atomic mass is 10.0. The molecular weight excluding hydrogens is 673 g/mol. The largest absolute Gasteiger partial charge is 0.462 e. The first-order chi connectivity index (χ1) is 26.2. The van der Waals surface area contributed by atoms with Crippen molar-refractivity contribution in [3.63, 3.8) is 0 Å². The number of hydrogen-bond donors (Lipinski definition) is 0. The number of unbranched alkanes of at least 4 members (excludes halogenated alkanes) is 27. The van der Waals surface area contributed by atoms with E-state index in [2.05, 4.69) is 34.6 Å². The van der Waals surface area contributed by atoms with Crippen LogP contribution in [0.2, 0.25) is 0 Å². The molecule has 0 fully saturated rings. The van der Waals surface area contributed by atoms with Gasteiger partial charge in [-0.15, -0.1) is 0 Å². The van der Waals surface area contributed by atoms with Gasteiger partial charge in [-0.1, -0.05) is 221 Å². The fourth-order valence-corrected chi connectivity index (χ4v) is 7.11. The molecule has 0 saturated heterocycles. The summed E-state index contributed by atoms with van der Waals surface area (Å²) in [6.07, 6.45) is 39.5. The van der Waals surface area contributed by atoms with Crippen LogP contribution >= 0.6 is 0 Å². The van der Waals surface area contributed by atoms with E-state index in [1.807, 2.05) is 0 Å². The van der Waals surface area contributed by atoms with Crippen molar-refractivity contribution >= 4 is 17.9 Å². The monoisotopic (exact) mass is 765 g/mol. The number of ether oxygens (including phenoxy) is 3. The molecule has 0 aliphatic carbocycles. The van der Waals surface area contributed by atoms with Gasteiger partial charge in [0.05, 0.1) is 0 Å². The second-order valence-corrected chi connectivity index (χ2v) is 17.3. The Labute approximate surface area is 336 Å². The molecule has 0 radical (unpaired) electrons. The van der Waals surface area contributed by atoms with Crippen LogP contribution in [-0.2, 0) is 28.6 Å². The summed E-state index contributed by atoms with van der Waals surface area (Å²) in [5, 5.41) is 0. The van der Waals surface area contributed by atoms with Gasteiger partial charge in [0.15, 0.2) is 6.10 Å². The maximum atomic E-state index is 12.7. The number of carbonyl (C=O) groups excluding carboxylic acids is 3. The minimum atomic E-state index is -0.761. The first kappa shape index (κ1) is 52.4.